The zero-order valence-corrected chi connectivity index (χ0v) is 17.7. The van der Waals surface area contributed by atoms with Crippen molar-refractivity contribution in [1.82, 2.24) is 14.0 Å². The van der Waals surface area contributed by atoms with Crippen LogP contribution in [0.2, 0.25) is 0 Å². The number of aliphatic hydroxyl groups excluding tert-OH is 1. The van der Waals surface area contributed by atoms with Crippen LogP contribution in [0.25, 0.3) is 10.2 Å². The third kappa shape index (κ3) is 4.70. The van der Waals surface area contributed by atoms with Crippen molar-refractivity contribution in [3.63, 3.8) is 0 Å². The van der Waals surface area contributed by atoms with Crippen molar-refractivity contribution < 1.29 is 23.1 Å². The summed E-state index contributed by atoms with van der Waals surface area (Å²) >= 11 is 0.853. The number of aryl methyl sites for hydroxylation is 2. The molecule has 11 heteroatoms. The summed E-state index contributed by atoms with van der Waals surface area (Å²) in [5, 5.41) is 9.71. The van der Waals surface area contributed by atoms with Crippen molar-refractivity contribution in [2.24, 2.45) is 0 Å². The number of carbonyl (C=O) groups excluding carboxylic acids is 1. The van der Waals surface area contributed by atoms with E-state index in [9.17, 15) is 32.7 Å². The Bertz CT molecular complexity index is 1150. The highest BCUT2D eigenvalue weighted by atomic mass is 32.1. The predicted molar refractivity (Wildman–Crippen MR) is 110 cm³/mol. The van der Waals surface area contributed by atoms with E-state index in [1.165, 1.54) is 0 Å². The number of alkyl halides is 3. The number of nitrogens with zero attached hydrogens (tertiary/aromatic N) is 3. The quantitative estimate of drug-likeness (QED) is 0.697. The largest absolute Gasteiger partial charge is 0.393 e. The molecule has 0 aromatic carbocycles. The van der Waals surface area contributed by atoms with Crippen LogP contribution in [0, 0.1) is 19.3 Å². The fraction of sp³-hybridized carbons (Fsp3) is 0.550. The number of thiophene rings is 1. The number of fused-ring (bicyclic) bond motifs is 1. The standard InChI is InChI=1S/C20H22F3N3O4S/c1-3-4-8-25-16(28)14-12(2)15(17(29)24-9-5-13(27)6-10-24)31-18(14)26(19(25)30)11-7-20(21,22)23/h1,13,27H,4-11H2,2H3. The van der Waals surface area contributed by atoms with Gasteiger partial charge in [0.15, 0.2) is 0 Å². The molecule has 1 aliphatic rings. The van der Waals surface area contributed by atoms with Crippen LogP contribution in [-0.2, 0) is 13.1 Å². The zero-order valence-electron chi connectivity index (χ0n) is 16.9. The summed E-state index contributed by atoms with van der Waals surface area (Å²) < 4.78 is 40.3. The number of hydrogen-bond acceptors (Lipinski definition) is 5. The van der Waals surface area contributed by atoms with Gasteiger partial charge in [-0.15, -0.1) is 23.7 Å². The van der Waals surface area contributed by atoms with E-state index in [-0.39, 0.29) is 34.0 Å². The number of aromatic nitrogens is 2. The molecule has 0 unspecified atom stereocenters. The Morgan fingerprint density at radius 3 is 2.45 bits per heavy atom. The van der Waals surface area contributed by atoms with Crippen LogP contribution in [0.4, 0.5) is 13.2 Å². The first-order chi connectivity index (χ1) is 14.5. The van der Waals surface area contributed by atoms with E-state index in [1.54, 1.807) is 11.8 Å². The van der Waals surface area contributed by atoms with E-state index in [1.807, 2.05) is 0 Å². The van der Waals surface area contributed by atoms with E-state index in [0.29, 0.717) is 31.5 Å². The van der Waals surface area contributed by atoms with Gasteiger partial charge in [0, 0.05) is 32.6 Å². The Hall–Kier alpha value is -2.58. The molecular weight excluding hydrogens is 435 g/mol. The topological polar surface area (TPSA) is 84.5 Å². The van der Waals surface area contributed by atoms with Crippen LogP contribution in [0.15, 0.2) is 9.59 Å². The average Bonchev–Trinajstić information content (AvgIpc) is 3.04. The van der Waals surface area contributed by atoms with Crippen LogP contribution >= 0.6 is 11.3 Å². The van der Waals surface area contributed by atoms with Crippen LogP contribution < -0.4 is 11.2 Å². The lowest BCUT2D eigenvalue weighted by atomic mass is 10.1. The minimum absolute atomic E-state index is 0.0501. The molecule has 3 heterocycles. The van der Waals surface area contributed by atoms with Gasteiger partial charge in [-0.2, -0.15) is 13.2 Å². The van der Waals surface area contributed by atoms with Crippen molar-refractivity contribution >= 4 is 27.5 Å². The molecule has 168 valence electrons. The van der Waals surface area contributed by atoms with Crippen LogP contribution in [-0.4, -0.2) is 50.4 Å². The van der Waals surface area contributed by atoms with E-state index in [0.717, 1.165) is 20.5 Å². The molecule has 1 saturated heterocycles. The van der Waals surface area contributed by atoms with E-state index in [2.05, 4.69) is 5.92 Å². The van der Waals surface area contributed by atoms with Crippen molar-refractivity contribution in [2.45, 2.75) is 58.0 Å². The summed E-state index contributed by atoms with van der Waals surface area (Å²) in [7, 11) is 0. The number of rotatable bonds is 5. The number of carbonyl (C=O) groups is 1. The monoisotopic (exact) mass is 457 g/mol. The molecule has 2 aromatic heterocycles. The molecule has 2 aromatic rings. The van der Waals surface area contributed by atoms with Gasteiger partial charge in [0.2, 0.25) is 0 Å². The highest BCUT2D eigenvalue weighted by molar-refractivity contribution is 7.20. The van der Waals surface area contributed by atoms with Crippen molar-refractivity contribution in [3.05, 3.63) is 31.3 Å². The number of piperidine rings is 1. The summed E-state index contributed by atoms with van der Waals surface area (Å²) in [4.78, 5) is 40.6. The highest BCUT2D eigenvalue weighted by Gasteiger charge is 2.30. The lowest BCUT2D eigenvalue weighted by Gasteiger charge is -2.29. The van der Waals surface area contributed by atoms with Gasteiger partial charge < -0.3 is 10.0 Å². The second kappa shape index (κ2) is 8.88. The van der Waals surface area contributed by atoms with Gasteiger partial charge in [-0.25, -0.2) is 4.79 Å². The Morgan fingerprint density at radius 1 is 1.23 bits per heavy atom. The Labute approximate surface area is 179 Å². The third-order valence-electron chi connectivity index (χ3n) is 5.34. The smallest absolute Gasteiger partial charge is 0.390 e. The van der Waals surface area contributed by atoms with Crippen molar-refractivity contribution in [1.29, 1.82) is 0 Å². The molecule has 0 bridgehead atoms. The summed E-state index contributed by atoms with van der Waals surface area (Å²) in [5.74, 6) is 1.95. The number of halogens is 3. The van der Waals surface area contributed by atoms with E-state index < -0.39 is 36.5 Å². The molecule has 0 spiro atoms. The minimum atomic E-state index is -4.49. The number of likely N-dealkylation sites (tertiary alicyclic amines) is 1. The third-order valence-corrected chi connectivity index (χ3v) is 6.64. The van der Waals surface area contributed by atoms with Crippen molar-refractivity contribution in [3.8, 4) is 12.3 Å². The number of aliphatic hydroxyl groups is 1. The van der Waals surface area contributed by atoms with Crippen LogP contribution in [0.5, 0.6) is 0 Å². The molecule has 1 N–H and O–H groups in total. The molecule has 7 nitrogen and oxygen atoms in total. The van der Waals surface area contributed by atoms with Gasteiger partial charge in [0.1, 0.15) is 4.83 Å². The van der Waals surface area contributed by atoms with Crippen molar-refractivity contribution in [2.75, 3.05) is 13.1 Å². The van der Waals surface area contributed by atoms with Gasteiger partial charge >= 0.3 is 11.9 Å². The molecule has 0 radical (unpaired) electrons. The maximum absolute atomic E-state index is 13.0. The lowest BCUT2D eigenvalue weighted by molar-refractivity contribution is -0.136. The Kier molecular flexibility index (Phi) is 6.62. The SMILES string of the molecule is C#CCCn1c(=O)c2c(C)c(C(=O)N3CCC(O)CC3)sc2n(CCC(F)(F)F)c1=O. The second-order valence-corrected chi connectivity index (χ2v) is 8.47. The molecule has 0 atom stereocenters. The highest BCUT2D eigenvalue weighted by Crippen LogP contribution is 2.31. The normalized spacial score (nSPS) is 15.4. The lowest BCUT2D eigenvalue weighted by Crippen LogP contribution is -2.40. The molecule has 1 amide bonds. The fourth-order valence-electron chi connectivity index (χ4n) is 3.62. The Balaban J connectivity index is 2.15. The molecule has 3 rings (SSSR count). The maximum atomic E-state index is 13.0. The number of hydrogen-bond donors (Lipinski definition) is 1. The summed E-state index contributed by atoms with van der Waals surface area (Å²) in [6.07, 6.45) is -0.105. The van der Waals surface area contributed by atoms with Gasteiger partial charge in [-0.05, 0) is 25.3 Å². The van der Waals surface area contributed by atoms with E-state index in [4.69, 9.17) is 6.42 Å². The molecule has 31 heavy (non-hydrogen) atoms. The van der Waals surface area contributed by atoms with Crippen LogP contribution in [0.3, 0.4) is 0 Å². The summed E-state index contributed by atoms with van der Waals surface area (Å²) in [6.45, 7) is 1.43. The van der Waals surface area contributed by atoms with Gasteiger partial charge in [0.05, 0.1) is 22.8 Å². The van der Waals surface area contributed by atoms with Crippen LogP contribution in [0.1, 0.15) is 40.9 Å². The number of terminal acetylenes is 1. The second-order valence-electron chi connectivity index (χ2n) is 7.47. The van der Waals surface area contributed by atoms with Gasteiger partial charge in [-0.3, -0.25) is 18.7 Å². The first-order valence-corrected chi connectivity index (χ1v) is 10.6. The van der Waals surface area contributed by atoms with Gasteiger partial charge in [-0.1, -0.05) is 0 Å². The first kappa shape index (κ1) is 23.1. The first-order valence-electron chi connectivity index (χ1n) is 9.79. The molecule has 1 fully saturated rings. The van der Waals surface area contributed by atoms with Gasteiger partial charge in [0.25, 0.3) is 11.5 Å². The average molecular weight is 457 g/mol. The predicted octanol–water partition coefficient (Wildman–Crippen LogP) is 2.11. The number of amides is 1. The molecular formula is C20H22F3N3O4S. The summed E-state index contributed by atoms with van der Waals surface area (Å²) in [5.41, 5.74) is -1.21. The molecule has 1 aliphatic heterocycles. The summed E-state index contributed by atoms with van der Waals surface area (Å²) in [6, 6.07) is 0. The fourth-order valence-corrected chi connectivity index (χ4v) is 4.91. The zero-order chi connectivity index (χ0) is 22.9. The molecule has 0 aliphatic carbocycles. The Morgan fingerprint density at radius 2 is 1.87 bits per heavy atom. The minimum Gasteiger partial charge on any atom is -0.393 e. The van der Waals surface area contributed by atoms with E-state index >= 15 is 0 Å². The maximum Gasteiger partial charge on any atom is 0.390 e. The molecule has 0 saturated carbocycles.